The number of para-hydroxylation sites is 1. The lowest BCUT2D eigenvalue weighted by Gasteiger charge is -2.21. The average molecular weight is 354 g/mol. The van der Waals surface area contributed by atoms with E-state index in [1.165, 1.54) is 32.1 Å². The van der Waals surface area contributed by atoms with Gasteiger partial charge in [0.2, 0.25) is 5.91 Å². The summed E-state index contributed by atoms with van der Waals surface area (Å²) in [6, 6.07) is 10.7. The Morgan fingerprint density at radius 2 is 1.85 bits per heavy atom. The van der Waals surface area contributed by atoms with Gasteiger partial charge < -0.3 is 15.1 Å². The van der Waals surface area contributed by atoms with Gasteiger partial charge in [-0.2, -0.15) is 0 Å². The Hall–Kier alpha value is -2.56. The molecule has 1 aliphatic carbocycles. The van der Waals surface area contributed by atoms with Crippen molar-refractivity contribution < 1.29 is 14.0 Å². The third-order valence-corrected chi connectivity index (χ3v) is 4.95. The van der Waals surface area contributed by atoms with Gasteiger partial charge >= 0.3 is 0 Å². The number of carbonyl (C=O) groups excluding carboxylic acids is 2. The second-order valence-corrected chi connectivity index (χ2v) is 6.90. The number of rotatable bonds is 7. The van der Waals surface area contributed by atoms with Gasteiger partial charge in [0, 0.05) is 6.42 Å². The van der Waals surface area contributed by atoms with E-state index in [2.05, 4.69) is 10.6 Å². The first-order valence-electron chi connectivity index (χ1n) is 9.42. The van der Waals surface area contributed by atoms with Gasteiger partial charge in [-0.1, -0.05) is 44.2 Å². The Morgan fingerprint density at radius 3 is 2.62 bits per heavy atom. The van der Waals surface area contributed by atoms with E-state index in [1.54, 1.807) is 36.6 Å². The zero-order chi connectivity index (χ0) is 18.2. The zero-order valence-electron chi connectivity index (χ0n) is 15.0. The molecule has 0 aliphatic heterocycles. The van der Waals surface area contributed by atoms with Crippen molar-refractivity contribution in [3.8, 4) is 0 Å². The van der Waals surface area contributed by atoms with Crippen molar-refractivity contribution in [2.45, 2.75) is 51.5 Å². The van der Waals surface area contributed by atoms with Crippen LogP contribution in [0.3, 0.4) is 0 Å². The minimum atomic E-state index is -0.232. The molecule has 5 nitrogen and oxygen atoms in total. The molecule has 1 aromatic carbocycles. The molecule has 0 unspecified atom stereocenters. The number of carbonyl (C=O) groups is 2. The van der Waals surface area contributed by atoms with Gasteiger partial charge in [-0.05, 0) is 36.6 Å². The largest absolute Gasteiger partial charge is 0.467 e. The van der Waals surface area contributed by atoms with Gasteiger partial charge in [-0.25, -0.2) is 0 Å². The van der Waals surface area contributed by atoms with Gasteiger partial charge in [0.1, 0.15) is 5.76 Å². The highest BCUT2D eigenvalue weighted by Gasteiger charge is 2.17. The first-order chi connectivity index (χ1) is 12.7. The van der Waals surface area contributed by atoms with Gasteiger partial charge in [0.15, 0.2) is 0 Å². The Bertz CT molecular complexity index is 719. The van der Waals surface area contributed by atoms with Crippen LogP contribution in [0.2, 0.25) is 0 Å². The molecule has 3 rings (SSSR count). The standard InChI is InChI=1S/C21H26N2O3/c24-20(13-12-16-7-2-1-3-8-16)23-19-11-5-4-10-18(19)21(25)22-15-17-9-6-14-26-17/h4-6,9-11,14,16H,1-3,7-8,12-13,15H2,(H,22,25)(H,23,24). The maximum absolute atomic E-state index is 12.4. The van der Waals surface area contributed by atoms with E-state index in [4.69, 9.17) is 4.42 Å². The summed E-state index contributed by atoms with van der Waals surface area (Å²) in [6.45, 7) is 0.315. The van der Waals surface area contributed by atoms with E-state index in [0.717, 1.165) is 6.42 Å². The van der Waals surface area contributed by atoms with Gasteiger partial charge in [0.25, 0.3) is 5.91 Å². The molecule has 26 heavy (non-hydrogen) atoms. The summed E-state index contributed by atoms with van der Waals surface area (Å²) in [5.41, 5.74) is 1.02. The first kappa shape index (κ1) is 18.2. The van der Waals surface area contributed by atoms with Crippen LogP contribution in [0.15, 0.2) is 47.1 Å². The molecule has 1 heterocycles. The SMILES string of the molecule is O=C(CCC1CCCCC1)Nc1ccccc1C(=O)NCc1ccco1. The highest BCUT2D eigenvalue weighted by atomic mass is 16.3. The maximum atomic E-state index is 12.4. The van der Waals surface area contributed by atoms with Crippen LogP contribution in [-0.4, -0.2) is 11.8 Å². The minimum Gasteiger partial charge on any atom is -0.467 e. The summed E-state index contributed by atoms with van der Waals surface area (Å²) in [5.74, 6) is 1.10. The van der Waals surface area contributed by atoms with Crippen molar-refractivity contribution in [3.63, 3.8) is 0 Å². The van der Waals surface area contributed by atoms with Crippen molar-refractivity contribution in [1.82, 2.24) is 5.32 Å². The second-order valence-electron chi connectivity index (χ2n) is 6.90. The molecule has 1 aliphatic rings. The quantitative estimate of drug-likeness (QED) is 0.768. The molecule has 138 valence electrons. The number of hydrogen-bond donors (Lipinski definition) is 2. The molecule has 2 aromatic rings. The van der Waals surface area contributed by atoms with Crippen LogP contribution in [0.4, 0.5) is 5.69 Å². The Balaban J connectivity index is 1.53. The molecule has 0 atom stereocenters. The van der Waals surface area contributed by atoms with E-state index < -0.39 is 0 Å². The van der Waals surface area contributed by atoms with E-state index in [1.807, 2.05) is 6.07 Å². The fraction of sp³-hybridized carbons (Fsp3) is 0.429. The lowest BCUT2D eigenvalue weighted by Crippen LogP contribution is -2.24. The van der Waals surface area contributed by atoms with Crippen molar-refractivity contribution in [3.05, 3.63) is 54.0 Å². The van der Waals surface area contributed by atoms with Gasteiger partial charge in [-0.3, -0.25) is 9.59 Å². The number of furan rings is 1. The Labute approximate surface area is 154 Å². The van der Waals surface area contributed by atoms with Gasteiger partial charge in [-0.15, -0.1) is 0 Å². The molecular formula is C21H26N2O3. The number of anilines is 1. The van der Waals surface area contributed by atoms with E-state index in [9.17, 15) is 9.59 Å². The van der Waals surface area contributed by atoms with Crippen LogP contribution in [0.25, 0.3) is 0 Å². The Morgan fingerprint density at radius 1 is 1.04 bits per heavy atom. The number of hydrogen-bond acceptors (Lipinski definition) is 3. The monoisotopic (exact) mass is 354 g/mol. The highest BCUT2D eigenvalue weighted by molar-refractivity contribution is 6.03. The molecule has 0 saturated heterocycles. The van der Waals surface area contributed by atoms with E-state index in [0.29, 0.717) is 35.9 Å². The summed E-state index contributed by atoms with van der Waals surface area (Å²) in [4.78, 5) is 24.8. The van der Waals surface area contributed by atoms with Gasteiger partial charge in [0.05, 0.1) is 24.1 Å². The number of nitrogens with one attached hydrogen (secondary N) is 2. The van der Waals surface area contributed by atoms with Crippen LogP contribution < -0.4 is 10.6 Å². The van der Waals surface area contributed by atoms with Crippen molar-refractivity contribution in [2.24, 2.45) is 5.92 Å². The van der Waals surface area contributed by atoms with Crippen LogP contribution in [0.1, 0.15) is 61.1 Å². The predicted octanol–water partition coefficient (Wildman–Crippen LogP) is 4.51. The number of amides is 2. The lowest BCUT2D eigenvalue weighted by atomic mass is 9.86. The minimum absolute atomic E-state index is 0.0261. The smallest absolute Gasteiger partial charge is 0.253 e. The molecule has 0 bridgehead atoms. The summed E-state index contributed by atoms with van der Waals surface area (Å²) in [5, 5.41) is 5.72. The first-order valence-corrected chi connectivity index (χ1v) is 9.42. The molecule has 1 fully saturated rings. The maximum Gasteiger partial charge on any atom is 0.253 e. The molecule has 0 radical (unpaired) electrons. The third kappa shape index (κ3) is 5.22. The molecule has 2 amide bonds. The van der Waals surface area contributed by atoms with Crippen LogP contribution in [0.5, 0.6) is 0 Å². The van der Waals surface area contributed by atoms with Crippen molar-refractivity contribution in [1.29, 1.82) is 0 Å². The lowest BCUT2D eigenvalue weighted by molar-refractivity contribution is -0.116. The van der Waals surface area contributed by atoms with Crippen LogP contribution in [-0.2, 0) is 11.3 Å². The summed E-state index contributed by atoms with van der Waals surface area (Å²) in [7, 11) is 0. The molecule has 5 heteroatoms. The van der Waals surface area contributed by atoms with E-state index in [-0.39, 0.29) is 11.8 Å². The van der Waals surface area contributed by atoms with Crippen LogP contribution >= 0.6 is 0 Å². The van der Waals surface area contributed by atoms with Crippen molar-refractivity contribution >= 4 is 17.5 Å². The van der Waals surface area contributed by atoms with Crippen LogP contribution in [0, 0.1) is 5.92 Å². The molecule has 1 saturated carbocycles. The predicted molar refractivity (Wildman–Crippen MR) is 101 cm³/mol. The normalized spacial score (nSPS) is 14.8. The third-order valence-electron chi connectivity index (χ3n) is 4.95. The molecule has 1 aromatic heterocycles. The topological polar surface area (TPSA) is 71.3 Å². The van der Waals surface area contributed by atoms with E-state index >= 15 is 0 Å². The molecule has 2 N–H and O–H groups in total. The fourth-order valence-electron chi connectivity index (χ4n) is 3.49. The second kappa shape index (κ2) is 9.22. The van der Waals surface area contributed by atoms with Crippen molar-refractivity contribution in [2.75, 3.05) is 5.32 Å². The summed E-state index contributed by atoms with van der Waals surface area (Å²) < 4.78 is 5.22. The zero-order valence-corrected chi connectivity index (χ0v) is 15.0. The highest BCUT2D eigenvalue weighted by Crippen LogP contribution is 2.27. The summed E-state index contributed by atoms with van der Waals surface area (Å²) >= 11 is 0. The average Bonchev–Trinajstić information content (AvgIpc) is 3.19. The number of benzene rings is 1. The summed E-state index contributed by atoms with van der Waals surface area (Å²) in [6.07, 6.45) is 9.37. The molecule has 0 spiro atoms. The molecular weight excluding hydrogens is 328 g/mol. The Kier molecular flexibility index (Phi) is 6.47. The fourth-order valence-corrected chi connectivity index (χ4v) is 3.49.